The fourth-order valence-electron chi connectivity index (χ4n) is 12.4. The number of benzene rings is 3. The number of ketones is 1. The maximum absolute atomic E-state index is 15.6. The van der Waals surface area contributed by atoms with Gasteiger partial charge in [0.1, 0.15) is 29.0 Å². The highest BCUT2D eigenvalue weighted by Crippen LogP contribution is 2.51. The number of phenolic OH excluding ortho intramolecular Hbond substituents is 1. The first-order valence-electron chi connectivity index (χ1n) is 25.3. The Morgan fingerprint density at radius 1 is 0.957 bits per heavy atom. The molecule has 6 aliphatic rings. The largest absolute Gasteiger partial charge is 0.507 e. The SMILES string of the molecule is CCC[C@]1(O)[C@@H]2CCC(=O)[C@@H](Cc3cccc(c3)C3(CCCCC3)[C@H](O)/C=C3/C[C@H](c4cc(CO)cc(NC[C@H](C)O)c4)C#C[C@@H]4CC(=O)Oc5c4cc(c(O)c5[C@@H]4C=CC=CC4)C[C@H]1OC3=O)C2. The summed E-state index contributed by atoms with van der Waals surface area (Å²) < 4.78 is 12.9. The van der Waals surface area contributed by atoms with E-state index in [2.05, 4.69) is 23.2 Å². The molecule has 0 aromatic heterocycles. The van der Waals surface area contributed by atoms with Crippen LogP contribution in [0.3, 0.4) is 0 Å². The van der Waals surface area contributed by atoms with E-state index >= 15 is 4.79 Å². The fourth-order valence-corrected chi connectivity index (χ4v) is 12.4. The van der Waals surface area contributed by atoms with Crippen LogP contribution < -0.4 is 10.1 Å². The molecule has 6 N–H and O–H groups in total. The minimum absolute atomic E-state index is 0.0417. The van der Waals surface area contributed by atoms with Crippen molar-refractivity contribution in [2.45, 2.75) is 164 Å². The first kappa shape index (κ1) is 48.5. The number of Topliss-reactive ketones (excluding diaryl/α,β-unsaturated/α-hetero) is 1. The van der Waals surface area contributed by atoms with Gasteiger partial charge in [0.2, 0.25) is 0 Å². The molecule has 2 fully saturated rings. The molecule has 0 saturated heterocycles. The van der Waals surface area contributed by atoms with Gasteiger partial charge in [-0.25, -0.2) is 4.79 Å². The fraction of sp³-hybridized carbons (Fsp3) is 0.500. The number of carbonyl (C=O) groups is 3. The zero-order valence-corrected chi connectivity index (χ0v) is 39.9. The number of fused-ring (bicyclic) bond motifs is 9. The first-order valence-corrected chi connectivity index (χ1v) is 25.3. The lowest BCUT2D eigenvalue weighted by Crippen LogP contribution is -2.54. The third-order valence-corrected chi connectivity index (χ3v) is 16.0. The number of esters is 2. The second-order valence-corrected chi connectivity index (χ2v) is 20.7. The Morgan fingerprint density at radius 3 is 2.52 bits per heavy atom. The Balaban J connectivity index is 1.30. The minimum atomic E-state index is -1.66. The summed E-state index contributed by atoms with van der Waals surface area (Å²) >= 11 is 0. The molecule has 11 nitrogen and oxygen atoms in total. The van der Waals surface area contributed by atoms with Crippen molar-refractivity contribution in [2.24, 2.45) is 11.8 Å². The van der Waals surface area contributed by atoms with Crippen LogP contribution in [0.5, 0.6) is 11.5 Å². The van der Waals surface area contributed by atoms with Crippen LogP contribution in [-0.4, -0.2) is 73.7 Å². The Labute approximate surface area is 405 Å². The van der Waals surface area contributed by atoms with E-state index in [1.165, 1.54) is 0 Å². The molecule has 9 atom stereocenters. The Morgan fingerprint density at radius 2 is 1.77 bits per heavy atom. The molecule has 9 rings (SSSR count). The van der Waals surface area contributed by atoms with Crippen LogP contribution in [0.4, 0.5) is 5.69 Å². The van der Waals surface area contributed by atoms with Crippen molar-refractivity contribution in [2.75, 3.05) is 11.9 Å². The number of carbonyl (C=O) groups excluding carboxylic acids is 3. The third-order valence-electron chi connectivity index (χ3n) is 16.0. The van der Waals surface area contributed by atoms with Crippen LogP contribution in [0, 0.1) is 23.7 Å². The van der Waals surface area contributed by atoms with Gasteiger partial charge in [-0.15, -0.1) is 0 Å². The van der Waals surface area contributed by atoms with Gasteiger partial charge in [0.15, 0.2) is 0 Å². The van der Waals surface area contributed by atoms with Crippen molar-refractivity contribution < 1.29 is 49.4 Å². The molecule has 364 valence electrons. The number of anilines is 1. The molecule has 8 bridgehead atoms. The molecular weight excluding hydrogens is 871 g/mol. The van der Waals surface area contributed by atoms with Crippen LogP contribution in [0.15, 0.2) is 84.5 Å². The lowest BCUT2D eigenvalue weighted by Gasteiger charge is -2.45. The second kappa shape index (κ2) is 20.4. The summed E-state index contributed by atoms with van der Waals surface area (Å²) in [5, 5.41) is 63.0. The average Bonchev–Trinajstić information content (AvgIpc) is 3.35. The van der Waals surface area contributed by atoms with Crippen LogP contribution in [0.2, 0.25) is 0 Å². The lowest BCUT2D eigenvalue weighted by molar-refractivity contribution is -0.176. The maximum atomic E-state index is 15.6. The number of ether oxygens (including phenoxy) is 2. The van der Waals surface area contributed by atoms with E-state index in [-0.39, 0.29) is 74.0 Å². The zero-order chi connectivity index (χ0) is 48.5. The standard InChI is InChI=1S/C58H67NO10/c1-3-19-58(67)46-17-18-49(62)42(27-46)22-36-11-10-14-45(24-36)57(20-8-5-9-21-57)50(63)30-44-26-39(41-23-37(34-60)25-47(28-41)59-33-35(2)61)15-16-40-32-52(64)69-55-48(40)29-43(31-51(58)68-56(44)66)54(65)53(55)38-12-6-4-7-13-38/h4,6-7,10-12,14,23-25,28-30,35,38-40,42,46,50-51,59-61,63,65,67H,3,5,8-9,13,17-22,26-27,31-34H2,1-2H3/b44-30-/t35-,38+,39+,40+,42-,46+,50+,51+,58-/m0/s1. The molecule has 0 unspecified atom stereocenters. The summed E-state index contributed by atoms with van der Waals surface area (Å²) in [6.07, 6.45) is 13.1. The quantitative estimate of drug-likeness (QED) is 0.0723. The second-order valence-electron chi connectivity index (χ2n) is 20.7. The molecule has 2 saturated carbocycles. The molecule has 0 amide bonds. The summed E-state index contributed by atoms with van der Waals surface area (Å²) in [5.74, 6) is 3.31. The highest BCUT2D eigenvalue weighted by molar-refractivity contribution is 5.89. The molecule has 1 spiro atoms. The van der Waals surface area contributed by atoms with Crippen molar-refractivity contribution in [3.05, 3.63) is 123 Å². The number of phenols is 1. The van der Waals surface area contributed by atoms with Gasteiger partial charge < -0.3 is 40.3 Å². The van der Waals surface area contributed by atoms with E-state index in [4.69, 9.17) is 9.47 Å². The molecular formula is C58H67NO10. The van der Waals surface area contributed by atoms with E-state index in [1.54, 1.807) is 25.1 Å². The van der Waals surface area contributed by atoms with Crippen LogP contribution in [-0.2, 0) is 44.0 Å². The normalized spacial score (nSPS) is 29.9. The summed E-state index contributed by atoms with van der Waals surface area (Å²) in [5.41, 5.74) is 2.97. The third kappa shape index (κ3) is 9.96. The molecule has 0 radical (unpaired) electrons. The van der Waals surface area contributed by atoms with Gasteiger partial charge in [-0.2, -0.15) is 0 Å². The average molecular weight is 938 g/mol. The number of aromatic hydroxyl groups is 1. The number of hydrogen-bond donors (Lipinski definition) is 6. The molecule has 3 aliphatic heterocycles. The van der Waals surface area contributed by atoms with Crippen LogP contribution >= 0.6 is 0 Å². The smallest absolute Gasteiger partial charge is 0.334 e. The molecule has 11 heteroatoms. The minimum Gasteiger partial charge on any atom is -0.507 e. The summed E-state index contributed by atoms with van der Waals surface area (Å²) in [7, 11) is 0. The molecule has 69 heavy (non-hydrogen) atoms. The van der Waals surface area contributed by atoms with Crippen LogP contribution in [0.1, 0.15) is 154 Å². The molecule has 3 aromatic carbocycles. The number of rotatable bonds is 8. The van der Waals surface area contributed by atoms with Gasteiger partial charge >= 0.3 is 11.9 Å². The summed E-state index contributed by atoms with van der Waals surface area (Å²) in [4.78, 5) is 43.2. The van der Waals surface area contributed by atoms with Crippen LogP contribution in [0.25, 0.3) is 0 Å². The maximum Gasteiger partial charge on any atom is 0.334 e. The number of aliphatic hydroxyl groups is 4. The number of aliphatic hydroxyl groups excluding tert-OH is 3. The predicted molar refractivity (Wildman–Crippen MR) is 263 cm³/mol. The monoisotopic (exact) mass is 937 g/mol. The zero-order valence-electron chi connectivity index (χ0n) is 39.9. The Bertz CT molecular complexity index is 2610. The first-order chi connectivity index (χ1) is 33.3. The van der Waals surface area contributed by atoms with Gasteiger partial charge in [-0.1, -0.05) is 99.1 Å². The lowest BCUT2D eigenvalue weighted by atomic mass is 9.64. The number of allylic oxidation sites excluding steroid dienone is 4. The highest BCUT2D eigenvalue weighted by atomic mass is 16.6. The Kier molecular flexibility index (Phi) is 14.4. The number of hydrogen-bond acceptors (Lipinski definition) is 11. The van der Waals surface area contributed by atoms with Crippen molar-refractivity contribution >= 4 is 23.4 Å². The molecule has 3 aromatic rings. The van der Waals surface area contributed by atoms with E-state index in [0.29, 0.717) is 78.5 Å². The van der Waals surface area contributed by atoms with E-state index in [0.717, 1.165) is 30.4 Å². The predicted octanol–water partition coefficient (Wildman–Crippen LogP) is 8.58. The molecule has 3 heterocycles. The van der Waals surface area contributed by atoms with E-state index in [9.17, 15) is 35.1 Å². The van der Waals surface area contributed by atoms with E-state index < -0.39 is 64.9 Å². The highest BCUT2D eigenvalue weighted by Gasteiger charge is 2.50. The van der Waals surface area contributed by atoms with Crippen molar-refractivity contribution in [3.8, 4) is 23.3 Å². The van der Waals surface area contributed by atoms with Crippen molar-refractivity contribution in [1.29, 1.82) is 0 Å². The van der Waals surface area contributed by atoms with Crippen molar-refractivity contribution in [3.63, 3.8) is 0 Å². The van der Waals surface area contributed by atoms with Gasteiger partial charge in [-0.3, -0.25) is 9.59 Å². The summed E-state index contributed by atoms with van der Waals surface area (Å²) in [6, 6.07) is 15.5. The van der Waals surface area contributed by atoms with Gasteiger partial charge in [0.05, 0.1) is 31.2 Å². The topological polar surface area (TPSA) is 183 Å². The van der Waals surface area contributed by atoms with Gasteiger partial charge in [0.25, 0.3) is 0 Å². The number of nitrogens with one attached hydrogen (secondary N) is 1. The van der Waals surface area contributed by atoms with Crippen molar-refractivity contribution in [1.82, 2.24) is 0 Å². The summed E-state index contributed by atoms with van der Waals surface area (Å²) in [6.45, 7) is 3.58. The Hall–Kier alpha value is -5.51. The van der Waals surface area contributed by atoms with Gasteiger partial charge in [0, 0.05) is 64.9 Å². The molecule has 3 aliphatic carbocycles. The van der Waals surface area contributed by atoms with E-state index in [1.807, 2.05) is 61.6 Å². The van der Waals surface area contributed by atoms with Gasteiger partial charge in [-0.05, 0) is 116 Å².